The molecule has 1 aromatic heterocycles. The van der Waals surface area contributed by atoms with Gasteiger partial charge in [-0.2, -0.15) is 0 Å². The van der Waals surface area contributed by atoms with E-state index in [2.05, 4.69) is 22.4 Å². The van der Waals surface area contributed by atoms with Crippen molar-refractivity contribution >= 4 is 11.6 Å². The lowest BCUT2D eigenvalue weighted by atomic mass is 10.0. The number of rotatable bonds is 6. The van der Waals surface area contributed by atoms with E-state index in [0.717, 1.165) is 19.3 Å². The number of aryl methyl sites for hydroxylation is 2. The van der Waals surface area contributed by atoms with Crippen molar-refractivity contribution in [2.75, 3.05) is 5.32 Å². The minimum Gasteiger partial charge on any atom is -0.327 e. The average Bonchev–Trinajstić information content (AvgIpc) is 2.52. The van der Waals surface area contributed by atoms with Gasteiger partial charge in [-0.05, 0) is 37.8 Å². The van der Waals surface area contributed by atoms with Gasteiger partial charge in [-0.15, -0.1) is 0 Å². The van der Waals surface area contributed by atoms with Crippen LogP contribution in [0.5, 0.6) is 0 Å². The summed E-state index contributed by atoms with van der Waals surface area (Å²) in [5.74, 6) is -0.0737. The van der Waals surface area contributed by atoms with Gasteiger partial charge in [-0.1, -0.05) is 37.3 Å². The molecule has 0 aliphatic rings. The van der Waals surface area contributed by atoms with Crippen LogP contribution in [-0.4, -0.2) is 10.9 Å². The fraction of sp³-hybridized carbons (Fsp3) is 0.333. The van der Waals surface area contributed by atoms with Crippen LogP contribution in [0.4, 0.5) is 5.69 Å². The third-order valence-corrected chi connectivity index (χ3v) is 3.75. The van der Waals surface area contributed by atoms with Crippen LogP contribution < -0.4 is 10.9 Å². The SMILES string of the molecule is Cc1cc(NC(=O)[C@@H](C)CCCc2ccccc2)c[nH]c1=O. The Balaban J connectivity index is 1.81. The summed E-state index contributed by atoms with van der Waals surface area (Å²) < 4.78 is 0. The van der Waals surface area contributed by atoms with Gasteiger partial charge in [0, 0.05) is 17.7 Å². The summed E-state index contributed by atoms with van der Waals surface area (Å²) in [6, 6.07) is 12.0. The van der Waals surface area contributed by atoms with Gasteiger partial charge in [-0.25, -0.2) is 0 Å². The zero-order valence-corrected chi connectivity index (χ0v) is 13.1. The fourth-order valence-electron chi connectivity index (χ4n) is 2.32. The number of carbonyl (C=O) groups is 1. The van der Waals surface area contributed by atoms with Crippen molar-refractivity contribution < 1.29 is 4.79 Å². The summed E-state index contributed by atoms with van der Waals surface area (Å²) in [4.78, 5) is 26.1. The highest BCUT2D eigenvalue weighted by atomic mass is 16.2. The molecule has 22 heavy (non-hydrogen) atoms. The van der Waals surface area contributed by atoms with Gasteiger partial charge in [0.25, 0.3) is 5.56 Å². The summed E-state index contributed by atoms with van der Waals surface area (Å²) in [7, 11) is 0. The molecule has 0 radical (unpaired) electrons. The highest BCUT2D eigenvalue weighted by Crippen LogP contribution is 2.13. The molecule has 1 amide bonds. The van der Waals surface area contributed by atoms with Crippen LogP contribution in [0.1, 0.15) is 30.9 Å². The lowest BCUT2D eigenvalue weighted by molar-refractivity contribution is -0.119. The van der Waals surface area contributed by atoms with E-state index in [4.69, 9.17) is 0 Å². The van der Waals surface area contributed by atoms with Crippen molar-refractivity contribution in [2.45, 2.75) is 33.1 Å². The summed E-state index contributed by atoms with van der Waals surface area (Å²) in [5.41, 5.74) is 2.40. The van der Waals surface area contributed by atoms with Crippen LogP contribution in [0.3, 0.4) is 0 Å². The molecule has 4 heteroatoms. The Bertz CT molecular complexity index is 677. The second-order valence-electron chi connectivity index (χ2n) is 5.67. The lowest BCUT2D eigenvalue weighted by Crippen LogP contribution is -2.21. The Morgan fingerprint density at radius 2 is 2.00 bits per heavy atom. The first-order valence-electron chi connectivity index (χ1n) is 7.60. The first kappa shape index (κ1) is 16.0. The smallest absolute Gasteiger partial charge is 0.250 e. The van der Waals surface area contributed by atoms with Crippen LogP contribution in [0, 0.1) is 12.8 Å². The fourth-order valence-corrected chi connectivity index (χ4v) is 2.32. The quantitative estimate of drug-likeness (QED) is 0.859. The number of anilines is 1. The molecule has 2 aromatic rings. The van der Waals surface area contributed by atoms with Gasteiger partial charge in [0.1, 0.15) is 0 Å². The Morgan fingerprint density at radius 3 is 2.68 bits per heavy atom. The van der Waals surface area contributed by atoms with Crippen molar-refractivity contribution in [3.63, 3.8) is 0 Å². The second kappa shape index (κ2) is 7.59. The molecule has 1 aromatic carbocycles. The van der Waals surface area contributed by atoms with Crippen LogP contribution in [-0.2, 0) is 11.2 Å². The van der Waals surface area contributed by atoms with Crippen LogP contribution in [0.25, 0.3) is 0 Å². The Morgan fingerprint density at radius 1 is 1.27 bits per heavy atom. The molecule has 0 aliphatic heterocycles. The molecular formula is C18H22N2O2. The Hall–Kier alpha value is -2.36. The topological polar surface area (TPSA) is 62.0 Å². The molecule has 0 saturated heterocycles. The molecule has 4 nitrogen and oxygen atoms in total. The first-order chi connectivity index (χ1) is 10.6. The predicted molar refractivity (Wildman–Crippen MR) is 89.0 cm³/mol. The number of nitrogens with one attached hydrogen (secondary N) is 2. The molecule has 0 aliphatic carbocycles. The third kappa shape index (κ3) is 4.58. The van der Waals surface area contributed by atoms with Crippen LogP contribution in [0.15, 0.2) is 47.4 Å². The molecule has 116 valence electrons. The first-order valence-corrected chi connectivity index (χ1v) is 7.60. The summed E-state index contributed by atoms with van der Waals surface area (Å²) in [5, 5.41) is 2.85. The molecule has 0 spiro atoms. The highest BCUT2D eigenvalue weighted by Gasteiger charge is 2.13. The van der Waals surface area contributed by atoms with Gasteiger partial charge >= 0.3 is 0 Å². The molecular weight excluding hydrogens is 276 g/mol. The molecule has 0 saturated carbocycles. The number of hydrogen-bond acceptors (Lipinski definition) is 2. The van der Waals surface area contributed by atoms with Crippen molar-refractivity contribution in [2.24, 2.45) is 5.92 Å². The normalized spacial score (nSPS) is 11.9. The third-order valence-electron chi connectivity index (χ3n) is 3.75. The van der Waals surface area contributed by atoms with Crippen LogP contribution >= 0.6 is 0 Å². The zero-order valence-electron chi connectivity index (χ0n) is 13.1. The summed E-state index contributed by atoms with van der Waals surface area (Å²) in [6.07, 6.45) is 4.33. The van der Waals surface area contributed by atoms with Crippen molar-refractivity contribution in [3.8, 4) is 0 Å². The van der Waals surface area contributed by atoms with E-state index >= 15 is 0 Å². The number of aromatic nitrogens is 1. The number of aromatic amines is 1. The molecule has 0 unspecified atom stereocenters. The maximum Gasteiger partial charge on any atom is 0.250 e. The number of amides is 1. The molecule has 2 rings (SSSR count). The number of pyridine rings is 1. The average molecular weight is 298 g/mol. The van der Waals surface area contributed by atoms with E-state index in [9.17, 15) is 9.59 Å². The monoisotopic (exact) mass is 298 g/mol. The minimum atomic E-state index is -0.131. The summed E-state index contributed by atoms with van der Waals surface area (Å²) >= 11 is 0. The molecule has 2 N–H and O–H groups in total. The van der Waals surface area contributed by atoms with E-state index in [1.165, 1.54) is 11.8 Å². The second-order valence-corrected chi connectivity index (χ2v) is 5.67. The molecule has 0 bridgehead atoms. The van der Waals surface area contributed by atoms with E-state index < -0.39 is 0 Å². The molecule has 1 atom stereocenters. The maximum atomic E-state index is 12.1. The van der Waals surface area contributed by atoms with Gasteiger partial charge in [0.05, 0.1) is 5.69 Å². The number of H-pyrrole nitrogens is 1. The number of hydrogen-bond donors (Lipinski definition) is 2. The van der Waals surface area contributed by atoms with E-state index in [1.54, 1.807) is 13.0 Å². The highest BCUT2D eigenvalue weighted by molar-refractivity contribution is 5.92. The predicted octanol–water partition coefficient (Wildman–Crippen LogP) is 3.28. The summed E-state index contributed by atoms with van der Waals surface area (Å²) in [6.45, 7) is 3.65. The molecule has 1 heterocycles. The van der Waals surface area contributed by atoms with Crippen LogP contribution in [0.2, 0.25) is 0 Å². The minimum absolute atomic E-state index is 0.0143. The van der Waals surface area contributed by atoms with Crippen molar-refractivity contribution in [1.29, 1.82) is 0 Å². The standard InChI is InChI=1S/C18H22N2O2/c1-13(7-6-10-15-8-4-3-5-9-15)18(22)20-16-11-14(2)17(21)19-12-16/h3-5,8-9,11-13H,6-7,10H2,1-2H3,(H,19,21)(H,20,22)/t13-/m0/s1. The largest absolute Gasteiger partial charge is 0.327 e. The van der Waals surface area contributed by atoms with E-state index in [-0.39, 0.29) is 17.4 Å². The van der Waals surface area contributed by atoms with Gasteiger partial charge in [0.15, 0.2) is 0 Å². The van der Waals surface area contributed by atoms with Crippen molar-refractivity contribution in [1.82, 2.24) is 4.98 Å². The van der Waals surface area contributed by atoms with Crippen molar-refractivity contribution in [3.05, 3.63) is 64.1 Å². The lowest BCUT2D eigenvalue weighted by Gasteiger charge is -2.12. The number of benzene rings is 1. The maximum absolute atomic E-state index is 12.1. The Labute approximate surface area is 130 Å². The van der Waals surface area contributed by atoms with Gasteiger partial charge in [-0.3, -0.25) is 9.59 Å². The van der Waals surface area contributed by atoms with Gasteiger partial charge in [0.2, 0.25) is 5.91 Å². The number of carbonyl (C=O) groups excluding carboxylic acids is 1. The van der Waals surface area contributed by atoms with E-state index in [0.29, 0.717) is 11.3 Å². The molecule has 0 fully saturated rings. The van der Waals surface area contributed by atoms with Gasteiger partial charge < -0.3 is 10.3 Å². The zero-order chi connectivity index (χ0) is 15.9. The Kier molecular flexibility index (Phi) is 5.53. The van der Waals surface area contributed by atoms with E-state index in [1.807, 2.05) is 25.1 Å².